The van der Waals surface area contributed by atoms with Crippen LogP contribution in [0.2, 0.25) is 0 Å². The van der Waals surface area contributed by atoms with Crippen LogP contribution in [0.5, 0.6) is 0 Å². The van der Waals surface area contributed by atoms with Gasteiger partial charge in [-0.3, -0.25) is 24.0 Å². The summed E-state index contributed by atoms with van der Waals surface area (Å²) in [7, 11) is 0. The first-order valence-electron chi connectivity index (χ1n) is 8.18. The summed E-state index contributed by atoms with van der Waals surface area (Å²) >= 11 is 0. The molecule has 0 unspecified atom stereocenters. The quantitative estimate of drug-likeness (QED) is 0.166. The largest absolute Gasteiger partial charge is 0.481 e. The van der Waals surface area contributed by atoms with Crippen molar-refractivity contribution < 1.29 is 49.2 Å². The van der Waals surface area contributed by atoms with Gasteiger partial charge in [-0.2, -0.15) is 0 Å². The predicted octanol–water partition coefficient (Wildman–Crippen LogP) is -2.04. The highest BCUT2D eigenvalue weighted by molar-refractivity contribution is 5.91. The molecule has 0 bridgehead atoms. The normalized spacial score (nSPS) is 13.6. The molecule has 28 heavy (non-hydrogen) atoms. The minimum Gasteiger partial charge on any atom is -0.481 e. The zero-order valence-corrected chi connectivity index (χ0v) is 14.8. The van der Waals surface area contributed by atoms with Crippen molar-refractivity contribution in [3.8, 4) is 0 Å². The highest BCUT2D eigenvalue weighted by atomic mass is 16.4. The number of nitrogens with two attached hydrogens (primary N) is 1. The summed E-state index contributed by atoms with van der Waals surface area (Å²) in [6.45, 7) is 0. The van der Waals surface area contributed by atoms with Crippen LogP contribution in [-0.2, 0) is 28.8 Å². The third-order valence-electron chi connectivity index (χ3n) is 3.56. The Morgan fingerprint density at radius 1 is 0.679 bits per heavy atom. The number of amides is 2. The fourth-order valence-electron chi connectivity index (χ4n) is 2.01. The highest BCUT2D eigenvalue weighted by Crippen LogP contribution is 2.04. The number of nitrogens with one attached hydrogen (secondary N) is 2. The van der Waals surface area contributed by atoms with Gasteiger partial charge in [-0.05, 0) is 19.3 Å². The van der Waals surface area contributed by atoms with Gasteiger partial charge >= 0.3 is 23.9 Å². The van der Waals surface area contributed by atoms with E-state index in [1.165, 1.54) is 0 Å². The van der Waals surface area contributed by atoms with E-state index in [0.717, 1.165) is 0 Å². The smallest absolute Gasteiger partial charge is 0.326 e. The van der Waals surface area contributed by atoms with Crippen LogP contribution in [0, 0.1) is 0 Å². The molecule has 3 atom stereocenters. The Balaban J connectivity index is 4.99. The topological polar surface area (TPSA) is 233 Å². The van der Waals surface area contributed by atoms with Gasteiger partial charge < -0.3 is 36.8 Å². The zero-order valence-electron chi connectivity index (χ0n) is 14.8. The molecular weight excluding hydrogens is 382 g/mol. The van der Waals surface area contributed by atoms with E-state index in [2.05, 4.69) is 10.6 Å². The van der Waals surface area contributed by atoms with Crippen molar-refractivity contribution in [3.63, 3.8) is 0 Å². The molecule has 0 heterocycles. The molecule has 0 saturated carbocycles. The van der Waals surface area contributed by atoms with Crippen molar-refractivity contribution in [3.05, 3.63) is 0 Å². The number of aliphatic carboxylic acids is 4. The van der Waals surface area contributed by atoms with Crippen LogP contribution in [-0.4, -0.2) is 74.2 Å². The standard InChI is InChI=1S/C15H23N3O10/c16-7(14(25)26)1-4-10(19)17-8(2-5-11(20)21)13(24)18-9(15(27)28)3-6-12(22)23/h7-9H,1-6,16H2,(H,17,19)(H,18,24)(H,20,21)(H,22,23)(H,25,26)(H,27,28)/t7-,8-,9-/m0/s1. The molecule has 0 aromatic carbocycles. The second-order valence-corrected chi connectivity index (χ2v) is 5.87. The third-order valence-corrected chi connectivity index (χ3v) is 3.56. The Hall–Kier alpha value is -3.22. The second kappa shape index (κ2) is 12.2. The fraction of sp³-hybridized carbons (Fsp3) is 0.600. The molecule has 2 amide bonds. The Morgan fingerprint density at radius 2 is 1.18 bits per heavy atom. The molecule has 0 fully saturated rings. The molecule has 0 saturated heterocycles. The van der Waals surface area contributed by atoms with Crippen LogP contribution in [0.25, 0.3) is 0 Å². The molecule has 0 aliphatic heterocycles. The Kier molecular flexibility index (Phi) is 10.8. The summed E-state index contributed by atoms with van der Waals surface area (Å²) in [6.07, 6.45) is -2.40. The van der Waals surface area contributed by atoms with Gasteiger partial charge in [-0.25, -0.2) is 4.79 Å². The van der Waals surface area contributed by atoms with Gasteiger partial charge in [-0.1, -0.05) is 0 Å². The number of rotatable bonds is 14. The zero-order chi connectivity index (χ0) is 21.9. The van der Waals surface area contributed by atoms with E-state index >= 15 is 0 Å². The lowest BCUT2D eigenvalue weighted by atomic mass is 10.1. The molecule has 158 valence electrons. The number of hydrogen-bond donors (Lipinski definition) is 7. The second-order valence-electron chi connectivity index (χ2n) is 5.87. The lowest BCUT2D eigenvalue weighted by Crippen LogP contribution is -2.52. The van der Waals surface area contributed by atoms with Crippen molar-refractivity contribution in [2.45, 2.75) is 56.7 Å². The number of carbonyl (C=O) groups is 6. The minimum atomic E-state index is -1.55. The molecule has 13 heteroatoms. The summed E-state index contributed by atoms with van der Waals surface area (Å²) in [4.78, 5) is 67.2. The predicted molar refractivity (Wildman–Crippen MR) is 90.1 cm³/mol. The summed E-state index contributed by atoms with van der Waals surface area (Å²) in [5.41, 5.74) is 5.26. The van der Waals surface area contributed by atoms with Crippen LogP contribution in [0.3, 0.4) is 0 Å². The van der Waals surface area contributed by atoms with Gasteiger partial charge in [0.25, 0.3) is 0 Å². The average molecular weight is 405 g/mol. The van der Waals surface area contributed by atoms with Crippen molar-refractivity contribution in [1.29, 1.82) is 0 Å². The van der Waals surface area contributed by atoms with E-state index in [0.29, 0.717) is 0 Å². The Bertz CT molecular complexity index is 621. The molecule has 0 aliphatic carbocycles. The first-order valence-corrected chi connectivity index (χ1v) is 8.18. The van der Waals surface area contributed by atoms with Crippen LogP contribution >= 0.6 is 0 Å². The first kappa shape index (κ1) is 24.8. The summed E-state index contributed by atoms with van der Waals surface area (Å²) < 4.78 is 0. The van der Waals surface area contributed by atoms with Crippen LogP contribution < -0.4 is 16.4 Å². The summed E-state index contributed by atoms with van der Waals surface area (Å²) in [5, 5.41) is 39.3. The molecule has 0 aromatic heterocycles. The SMILES string of the molecule is N[C@@H](CCC(=O)N[C@@H](CCC(=O)O)C(=O)N[C@@H](CCC(=O)O)C(=O)O)C(=O)O. The fourth-order valence-corrected chi connectivity index (χ4v) is 2.01. The van der Waals surface area contributed by atoms with E-state index in [1.54, 1.807) is 0 Å². The maximum absolute atomic E-state index is 12.2. The lowest BCUT2D eigenvalue weighted by molar-refractivity contribution is -0.144. The van der Waals surface area contributed by atoms with Crippen LogP contribution in [0.4, 0.5) is 0 Å². The molecule has 0 rings (SSSR count). The monoisotopic (exact) mass is 405 g/mol. The van der Waals surface area contributed by atoms with E-state index in [9.17, 15) is 28.8 Å². The third kappa shape index (κ3) is 10.7. The van der Waals surface area contributed by atoms with Gasteiger partial charge in [-0.15, -0.1) is 0 Å². The number of carbonyl (C=O) groups excluding carboxylic acids is 2. The first-order chi connectivity index (χ1) is 12.9. The molecular formula is C15H23N3O10. The van der Waals surface area contributed by atoms with E-state index in [1.807, 2.05) is 0 Å². The molecule has 8 N–H and O–H groups in total. The van der Waals surface area contributed by atoms with Gasteiger partial charge in [0.1, 0.15) is 18.1 Å². The van der Waals surface area contributed by atoms with E-state index < -0.39 is 73.1 Å². The Labute approximate surface area is 158 Å². The van der Waals surface area contributed by atoms with Gasteiger partial charge in [0.15, 0.2) is 0 Å². The van der Waals surface area contributed by atoms with Gasteiger partial charge in [0, 0.05) is 19.3 Å². The molecule has 13 nitrogen and oxygen atoms in total. The van der Waals surface area contributed by atoms with Crippen LogP contribution in [0.1, 0.15) is 38.5 Å². The van der Waals surface area contributed by atoms with Crippen molar-refractivity contribution in [1.82, 2.24) is 10.6 Å². The number of carboxylic acid groups (broad SMARTS) is 4. The van der Waals surface area contributed by atoms with E-state index in [-0.39, 0.29) is 19.3 Å². The highest BCUT2D eigenvalue weighted by Gasteiger charge is 2.27. The number of carboxylic acids is 4. The molecule has 0 aromatic rings. The summed E-state index contributed by atoms with van der Waals surface area (Å²) in [5.74, 6) is -7.14. The van der Waals surface area contributed by atoms with Crippen LogP contribution in [0.15, 0.2) is 0 Å². The Morgan fingerprint density at radius 3 is 1.61 bits per heavy atom. The van der Waals surface area contributed by atoms with Crippen molar-refractivity contribution >= 4 is 35.7 Å². The number of hydrogen-bond acceptors (Lipinski definition) is 7. The lowest BCUT2D eigenvalue weighted by Gasteiger charge is -2.21. The molecule has 0 aliphatic rings. The van der Waals surface area contributed by atoms with E-state index in [4.69, 9.17) is 26.2 Å². The minimum absolute atomic E-state index is 0.231. The molecule has 0 radical (unpaired) electrons. The summed E-state index contributed by atoms with van der Waals surface area (Å²) in [6, 6.07) is -4.26. The van der Waals surface area contributed by atoms with Gasteiger partial charge in [0.2, 0.25) is 11.8 Å². The molecule has 0 spiro atoms. The van der Waals surface area contributed by atoms with Gasteiger partial charge in [0.05, 0.1) is 0 Å². The maximum atomic E-state index is 12.2. The van der Waals surface area contributed by atoms with Crippen molar-refractivity contribution in [2.24, 2.45) is 5.73 Å². The maximum Gasteiger partial charge on any atom is 0.326 e. The van der Waals surface area contributed by atoms with Crippen molar-refractivity contribution in [2.75, 3.05) is 0 Å². The average Bonchev–Trinajstić information content (AvgIpc) is 2.58.